The first-order chi connectivity index (χ1) is 10.6. The van der Waals surface area contributed by atoms with Crippen molar-refractivity contribution in [3.8, 4) is 22.6 Å². The predicted octanol–water partition coefficient (Wildman–Crippen LogP) is 1.97. The second-order valence-electron chi connectivity index (χ2n) is 4.37. The lowest BCUT2D eigenvalue weighted by atomic mass is 10.0. The van der Waals surface area contributed by atoms with Crippen molar-refractivity contribution < 1.29 is 14.8 Å². The fourth-order valence-corrected chi connectivity index (χ4v) is 2.71. The van der Waals surface area contributed by atoms with Gasteiger partial charge in [-0.3, -0.25) is 10.1 Å². The zero-order valence-corrected chi connectivity index (χ0v) is 13.1. The van der Waals surface area contributed by atoms with E-state index in [1.54, 1.807) is 24.3 Å². The molecule has 3 aromatic rings. The number of nitrogens with zero attached hydrogens (tertiary/aromatic N) is 4. The number of benzene rings is 2. The minimum absolute atomic E-state index is 0.00627. The van der Waals surface area contributed by atoms with Gasteiger partial charge in [0, 0.05) is 17.7 Å². The number of tetrazole rings is 1. The van der Waals surface area contributed by atoms with Crippen LogP contribution < -0.4 is 4.80 Å². The van der Waals surface area contributed by atoms with Crippen molar-refractivity contribution in [2.45, 2.75) is 0 Å². The highest BCUT2D eigenvalue weighted by atomic mass is 127. The largest absolute Gasteiger partial charge is 0.506 e. The fraction of sp³-hybridized carbons (Fsp3) is 0. The van der Waals surface area contributed by atoms with Crippen LogP contribution in [0.2, 0.25) is 0 Å². The molecular formula is C13H9IN5O3+. The minimum Gasteiger partial charge on any atom is -0.506 e. The highest BCUT2D eigenvalue weighted by molar-refractivity contribution is 14.1. The molecule has 2 aromatic carbocycles. The molecule has 22 heavy (non-hydrogen) atoms. The Morgan fingerprint density at radius 1 is 1.23 bits per heavy atom. The van der Waals surface area contributed by atoms with Gasteiger partial charge in [0.25, 0.3) is 12.0 Å². The number of nitro benzene ring substituents is 1. The van der Waals surface area contributed by atoms with E-state index in [2.05, 4.69) is 15.4 Å². The first kappa shape index (κ1) is 14.4. The van der Waals surface area contributed by atoms with E-state index in [0.717, 1.165) is 0 Å². The Morgan fingerprint density at radius 2 is 1.95 bits per heavy atom. The first-order valence-corrected chi connectivity index (χ1v) is 7.20. The standard InChI is InChI=1S/C13H8IN5O3/c14-12-11(18-16-7-15-17-18)6-5-10(13(12)20)8-1-3-9(4-2-8)19(21)22/h1-7,20H/p+1. The third-order valence-electron chi connectivity index (χ3n) is 3.09. The molecule has 0 saturated heterocycles. The summed E-state index contributed by atoms with van der Waals surface area (Å²) >= 11 is 2.01. The molecule has 0 amide bonds. The van der Waals surface area contributed by atoms with Gasteiger partial charge in [0.2, 0.25) is 0 Å². The van der Waals surface area contributed by atoms with Gasteiger partial charge in [-0.05, 0) is 67.5 Å². The van der Waals surface area contributed by atoms with E-state index in [4.69, 9.17) is 0 Å². The molecule has 0 saturated carbocycles. The SMILES string of the molecule is O=[N+]([O-])c1ccc(-c2ccc(-[n+]3ncn[nH]3)c(I)c2O)cc1. The van der Waals surface area contributed by atoms with Crippen molar-refractivity contribution in [1.82, 2.24) is 15.4 Å². The maximum absolute atomic E-state index is 10.7. The average Bonchev–Trinajstić information content (AvgIpc) is 3.04. The molecule has 0 radical (unpaired) electrons. The monoisotopic (exact) mass is 410 g/mol. The zero-order chi connectivity index (χ0) is 15.7. The molecule has 1 heterocycles. The molecule has 0 bridgehead atoms. The first-order valence-electron chi connectivity index (χ1n) is 6.12. The van der Waals surface area contributed by atoms with Gasteiger partial charge in [-0.2, -0.15) is 0 Å². The van der Waals surface area contributed by atoms with Crippen LogP contribution in [0.25, 0.3) is 16.8 Å². The number of hydrogen-bond acceptors (Lipinski definition) is 5. The number of aromatic hydroxyl groups is 1. The predicted molar refractivity (Wildman–Crippen MR) is 84.4 cm³/mol. The summed E-state index contributed by atoms with van der Waals surface area (Å²) in [6, 6.07) is 9.52. The number of aromatic amines is 1. The normalized spacial score (nSPS) is 10.6. The van der Waals surface area contributed by atoms with Crippen LogP contribution in [0.15, 0.2) is 42.7 Å². The van der Waals surface area contributed by atoms with Crippen LogP contribution in [-0.2, 0) is 0 Å². The van der Waals surface area contributed by atoms with Gasteiger partial charge in [-0.1, -0.05) is 0 Å². The smallest absolute Gasteiger partial charge is 0.297 e. The van der Waals surface area contributed by atoms with Crippen molar-refractivity contribution >= 4 is 28.3 Å². The van der Waals surface area contributed by atoms with Gasteiger partial charge >= 0.3 is 0 Å². The number of rotatable bonds is 3. The Balaban J connectivity index is 2.05. The molecule has 110 valence electrons. The molecule has 0 aliphatic rings. The molecule has 0 fully saturated rings. The number of nitrogens with one attached hydrogen (secondary N) is 1. The molecule has 2 N–H and O–H groups in total. The summed E-state index contributed by atoms with van der Waals surface area (Å²) in [5.41, 5.74) is 1.94. The summed E-state index contributed by atoms with van der Waals surface area (Å²) in [7, 11) is 0. The number of phenols is 1. The average molecular weight is 410 g/mol. The summed E-state index contributed by atoms with van der Waals surface area (Å²) in [6.45, 7) is 0. The van der Waals surface area contributed by atoms with Gasteiger partial charge in [-0.15, -0.1) is 0 Å². The lowest BCUT2D eigenvalue weighted by Crippen LogP contribution is -2.37. The molecule has 0 atom stereocenters. The number of aromatic nitrogens is 4. The summed E-state index contributed by atoms with van der Waals surface area (Å²) < 4.78 is 0.593. The molecule has 0 aliphatic carbocycles. The lowest BCUT2D eigenvalue weighted by Gasteiger charge is -2.08. The summed E-state index contributed by atoms with van der Waals surface area (Å²) in [5.74, 6) is 0.0795. The fourth-order valence-electron chi connectivity index (χ4n) is 2.01. The Morgan fingerprint density at radius 3 is 2.55 bits per heavy atom. The van der Waals surface area contributed by atoms with Crippen molar-refractivity contribution in [3.63, 3.8) is 0 Å². The second-order valence-corrected chi connectivity index (χ2v) is 5.45. The maximum atomic E-state index is 10.7. The van der Waals surface area contributed by atoms with E-state index >= 15 is 0 Å². The zero-order valence-electron chi connectivity index (χ0n) is 11.0. The highest BCUT2D eigenvalue weighted by Gasteiger charge is 2.18. The van der Waals surface area contributed by atoms with E-state index in [1.807, 2.05) is 22.6 Å². The summed E-state index contributed by atoms with van der Waals surface area (Å²) in [6.07, 6.45) is 1.36. The van der Waals surface area contributed by atoms with E-state index in [1.165, 1.54) is 23.3 Å². The highest BCUT2D eigenvalue weighted by Crippen LogP contribution is 2.35. The van der Waals surface area contributed by atoms with E-state index < -0.39 is 4.92 Å². The maximum Gasteiger partial charge on any atom is 0.297 e. The third-order valence-corrected chi connectivity index (χ3v) is 4.15. The van der Waals surface area contributed by atoms with Crippen LogP contribution >= 0.6 is 22.6 Å². The minimum atomic E-state index is -0.461. The van der Waals surface area contributed by atoms with Crippen LogP contribution in [0.4, 0.5) is 5.69 Å². The lowest BCUT2D eigenvalue weighted by molar-refractivity contribution is -0.717. The second kappa shape index (κ2) is 5.67. The van der Waals surface area contributed by atoms with E-state index in [9.17, 15) is 15.2 Å². The Kier molecular flexibility index (Phi) is 3.71. The Bertz CT molecular complexity index is 834. The number of halogens is 1. The van der Waals surface area contributed by atoms with Crippen molar-refractivity contribution in [2.75, 3.05) is 0 Å². The topological polar surface area (TPSA) is 109 Å². The molecule has 0 aliphatic heterocycles. The number of hydrogen-bond donors (Lipinski definition) is 2. The van der Waals surface area contributed by atoms with Gasteiger partial charge in [0.15, 0.2) is 5.69 Å². The van der Waals surface area contributed by atoms with Crippen LogP contribution in [0.3, 0.4) is 0 Å². The molecule has 9 heteroatoms. The Labute approximate surface area is 137 Å². The van der Waals surface area contributed by atoms with Crippen molar-refractivity contribution in [3.05, 3.63) is 56.4 Å². The third kappa shape index (κ3) is 2.50. The van der Waals surface area contributed by atoms with Crippen LogP contribution in [0.5, 0.6) is 5.75 Å². The molecule has 8 nitrogen and oxygen atoms in total. The van der Waals surface area contributed by atoms with Gasteiger partial charge in [0.1, 0.15) is 9.32 Å². The summed E-state index contributed by atoms with van der Waals surface area (Å²) in [5, 5.41) is 31.5. The van der Waals surface area contributed by atoms with Crippen molar-refractivity contribution in [1.29, 1.82) is 0 Å². The van der Waals surface area contributed by atoms with Crippen LogP contribution in [0.1, 0.15) is 0 Å². The van der Waals surface area contributed by atoms with E-state index in [0.29, 0.717) is 20.4 Å². The molecule has 0 unspecified atom stereocenters. The summed E-state index contributed by atoms with van der Waals surface area (Å²) in [4.78, 5) is 11.7. The van der Waals surface area contributed by atoms with Crippen LogP contribution in [-0.4, -0.2) is 25.4 Å². The molecule has 3 rings (SSSR count). The van der Waals surface area contributed by atoms with Crippen molar-refractivity contribution in [2.24, 2.45) is 0 Å². The van der Waals surface area contributed by atoms with E-state index in [-0.39, 0.29) is 11.4 Å². The number of H-pyrrole nitrogens is 1. The number of phenolic OH excluding ortho intramolecular Hbond substituents is 1. The quantitative estimate of drug-likeness (QED) is 0.297. The molecule has 1 aromatic heterocycles. The van der Waals surface area contributed by atoms with Gasteiger partial charge < -0.3 is 5.11 Å². The molecular weight excluding hydrogens is 401 g/mol. The Hall–Kier alpha value is -2.56. The number of non-ortho nitro benzene ring substituents is 1. The van der Waals surface area contributed by atoms with Gasteiger partial charge in [0.05, 0.1) is 10.0 Å². The van der Waals surface area contributed by atoms with Gasteiger partial charge in [-0.25, -0.2) is 0 Å². The number of nitro groups is 1. The van der Waals surface area contributed by atoms with Crippen LogP contribution in [0, 0.1) is 13.7 Å². The molecule has 0 spiro atoms.